The highest BCUT2D eigenvalue weighted by molar-refractivity contribution is 7.90. The van der Waals surface area contributed by atoms with Gasteiger partial charge >= 0.3 is 6.01 Å². The van der Waals surface area contributed by atoms with Crippen molar-refractivity contribution in [1.29, 1.82) is 0 Å². The Balaban J connectivity index is 1.84. The fourth-order valence-corrected chi connectivity index (χ4v) is 4.28. The summed E-state index contributed by atoms with van der Waals surface area (Å²) in [7, 11) is -0.642. The van der Waals surface area contributed by atoms with E-state index in [1.165, 1.54) is 24.9 Å². The highest BCUT2D eigenvalue weighted by atomic mass is 32.2. The molecular weight excluding hydrogens is 394 g/mol. The number of hydrogen-bond acceptors (Lipinski definition) is 8. The van der Waals surface area contributed by atoms with Gasteiger partial charge in [0.05, 0.1) is 36.1 Å². The fourth-order valence-electron chi connectivity index (χ4n) is 2.92. The van der Waals surface area contributed by atoms with Crippen LogP contribution in [0.1, 0.15) is 5.56 Å². The largest absolute Gasteiger partial charge is 0.480 e. The lowest BCUT2D eigenvalue weighted by Gasteiger charge is -2.11. The molecule has 3 heterocycles. The first-order valence-electron chi connectivity index (χ1n) is 8.58. The summed E-state index contributed by atoms with van der Waals surface area (Å²) in [6, 6.07) is 10.1. The Bertz CT molecular complexity index is 1270. The summed E-state index contributed by atoms with van der Waals surface area (Å²) >= 11 is 0. The van der Waals surface area contributed by atoms with Crippen molar-refractivity contribution in [3.63, 3.8) is 0 Å². The molecule has 10 heteroatoms. The van der Waals surface area contributed by atoms with Gasteiger partial charge in [0.15, 0.2) is 15.5 Å². The molecule has 0 bridgehead atoms. The molecule has 0 N–H and O–H groups in total. The Labute approximate surface area is 166 Å². The van der Waals surface area contributed by atoms with Crippen LogP contribution in [0.4, 0.5) is 0 Å². The van der Waals surface area contributed by atoms with E-state index in [-0.39, 0.29) is 22.5 Å². The van der Waals surface area contributed by atoms with E-state index in [1.54, 1.807) is 48.8 Å². The van der Waals surface area contributed by atoms with Gasteiger partial charge in [0, 0.05) is 24.2 Å². The summed E-state index contributed by atoms with van der Waals surface area (Å²) in [5.41, 5.74) is 1.92. The smallest absolute Gasteiger partial charge is 0.319 e. The zero-order valence-corrected chi connectivity index (χ0v) is 16.5. The quantitative estimate of drug-likeness (QED) is 0.475. The highest BCUT2D eigenvalue weighted by Crippen LogP contribution is 2.29. The molecule has 3 aromatic heterocycles. The average molecular weight is 411 g/mol. The Morgan fingerprint density at radius 2 is 1.86 bits per heavy atom. The summed E-state index contributed by atoms with van der Waals surface area (Å²) in [6.45, 7) is 0. The van der Waals surface area contributed by atoms with E-state index in [1.807, 2.05) is 0 Å². The summed E-state index contributed by atoms with van der Waals surface area (Å²) in [4.78, 5) is 12.8. The SMILES string of the molecule is COc1ncc(-c2cc(CS(=O)(=O)c3ccccc3)c3nccn3n2)c(OC)n1. The van der Waals surface area contributed by atoms with E-state index in [9.17, 15) is 8.42 Å². The van der Waals surface area contributed by atoms with Gasteiger partial charge in [-0.1, -0.05) is 18.2 Å². The van der Waals surface area contributed by atoms with Gasteiger partial charge < -0.3 is 9.47 Å². The second kappa shape index (κ2) is 7.47. The van der Waals surface area contributed by atoms with E-state index in [0.29, 0.717) is 22.5 Å². The molecule has 9 nitrogen and oxygen atoms in total. The van der Waals surface area contributed by atoms with Crippen LogP contribution in [0.5, 0.6) is 11.9 Å². The van der Waals surface area contributed by atoms with Gasteiger partial charge in [-0.05, 0) is 18.2 Å². The van der Waals surface area contributed by atoms with E-state index < -0.39 is 9.84 Å². The second-order valence-electron chi connectivity index (χ2n) is 6.10. The standard InChI is InChI=1S/C19H17N5O4S/c1-27-18-15(11-21-19(22-18)28-2)16-10-13(17-20-8-9-24(17)23-16)12-29(25,26)14-6-4-3-5-7-14/h3-11H,12H2,1-2H3. The van der Waals surface area contributed by atoms with Crippen molar-refractivity contribution in [2.45, 2.75) is 10.6 Å². The van der Waals surface area contributed by atoms with Crippen molar-refractivity contribution in [3.8, 4) is 23.1 Å². The van der Waals surface area contributed by atoms with Crippen molar-refractivity contribution in [2.75, 3.05) is 14.2 Å². The molecule has 0 saturated carbocycles. The first-order chi connectivity index (χ1) is 14.0. The minimum atomic E-state index is -3.57. The van der Waals surface area contributed by atoms with Crippen LogP contribution in [0.15, 0.2) is 59.9 Å². The summed E-state index contributed by atoms with van der Waals surface area (Å²) < 4.78 is 37.7. The normalized spacial score (nSPS) is 11.5. The Kier molecular flexibility index (Phi) is 4.85. The molecule has 0 aliphatic carbocycles. The van der Waals surface area contributed by atoms with Crippen LogP contribution in [-0.4, -0.2) is 47.2 Å². The molecule has 0 saturated heterocycles. The molecule has 4 aromatic rings. The Morgan fingerprint density at radius 1 is 1.07 bits per heavy atom. The summed E-state index contributed by atoms with van der Waals surface area (Å²) in [5.74, 6) is 0.0347. The number of imidazole rings is 1. The number of rotatable bonds is 6. The van der Waals surface area contributed by atoms with Crippen LogP contribution in [0.3, 0.4) is 0 Å². The number of methoxy groups -OCH3 is 2. The number of aromatic nitrogens is 5. The van der Waals surface area contributed by atoms with Crippen molar-refractivity contribution in [1.82, 2.24) is 24.6 Å². The lowest BCUT2D eigenvalue weighted by atomic mass is 10.2. The maximum Gasteiger partial charge on any atom is 0.319 e. The number of nitrogens with zero attached hydrogens (tertiary/aromatic N) is 5. The molecule has 0 aliphatic heterocycles. The van der Waals surface area contributed by atoms with Crippen LogP contribution >= 0.6 is 0 Å². The number of benzene rings is 1. The highest BCUT2D eigenvalue weighted by Gasteiger charge is 2.20. The van der Waals surface area contributed by atoms with Crippen molar-refractivity contribution in [3.05, 3.63) is 60.6 Å². The van der Waals surface area contributed by atoms with Gasteiger partial charge in [0.1, 0.15) is 0 Å². The molecule has 0 radical (unpaired) electrons. The van der Waals surface area contributed by atoms with Crippen molar-refractivity contribution >= 4 is 15.5 Å². The first kappa shape index (κ1) is 18.8. The minimum absolute atomic E-state index is 0.154. The summed E-state index contributed by atoms with van der Waals surface area (Å²) in [5, 5.41) is 4.49. The number of sulfone groups is 1. The minimum Gasteiger partial charge on any atom is -0.480 e. The number of hydrogen-bond donors (Lipinski definition) is 0. The van der Waals surface area contributed by atoms with Crippen LogP contribution in [0, 0.1) is 0 Å². The van der Waals surface area contributed by atoms with Gasteiger partial charge in [-0.25, -0.2) is 22.9 Å². The van der Waals surface area contributed by atoms with Crippen LogP contribution in [-0.2, 0) is 15.6 Å². The zero-order valence-electron chi connectivity index (χ0n) is 15.7. The molecule has 0 atom stereocenters. The predicted octanol–water partition coefficient (Wildman–Crippen LogP) is 2.18. The third-order valence-corrected chi connectivity index (χ3v) is 5.95. The Hall–Kier alpha value is -3.53. The maximum atomic E-state index is 12.9. The molecule has 0 spiro atoms. The van der Waals surface area contributed by atoms with E-state index in [4.69, 9.17) is 9.47 Å². The molecule has 0 aliphatic rings. The average Bonchev–Trinajstić information content (AvgIpc) is 3.22. The Morgan fingerprint density at radius 3 is 2.59 bits per heavy atom. The predicted molar refractivity (Wildman–Crippen MR) is 104 cm³/mol. The van der Waals surface area contributed by atoms with Gasteiger partial charge in [-0.3, -0.25) is 0 Å². The number of fused-ring (bicyclic) bond motifs is 1. The molecule has 0 amide bonds. The maximum absolute atomic E-state index is 12.9. The molecule has 4 rings (SSSR count). The third kappa shape index (κ3) is 3.61. The van der Waals surface area contributed by atoms with Crippen LogP contribution in [0.25, 0.3) is 16.9 Å². The number of ether oxygens (including phenoxy) is 2. The van der Waals surface area contributed by atoms with Crippen molar-refractivity contribution < 1.29 is 17.9 Å². The molecule has 1 aromatic carbocycles. The topological polar surface area (TPSA) is 109 Å². The van der Waals surface area contributed by atoms with Crippen LogP contribution in [0.2, 0.25) is 0 Å². The monoisotopic (exact) mass is 411 g/mol. The van der Waals surface area contributed by atoms with Gasteiger partial charge in [-0.15, -0.1) is 0 Å². The van der Waals surface area contributed by atoms with E-state index in [0.717, 1.165) is 0 Å². The van der Waals surface area contributed by atoms with Crippen LogP contribution < -0.4 is 9.47 Å². The first-order valence-corrected chi connectivity index (χ1v) is 10.2. The lowest BCUT2D eigenvalue weighted by Crippen LogP contribution is -2.08. The van der Waals surface area contributed by atoms with Gasteiger partial charge in [0.2, 0.25) is 5.88 Å². The van der Waals surface area contributed by atoms with E-state index in [2.05, 4.69) is 20.1 Å². The zero-order chi connectivity index (χ0) is 20.4. The summed E-state index contributed by atoms with van der Waals surface area (Å²) in [6.07, 6.45) is 4.73. The second-order valence-corrected chi connectivity index (χ2v) is 8.09. The fraction of sp³-hybridized carbons (Fsp3) is 0.158. The molecule has 148 valence electrons. The molecule has 0 unspecified atom stereocenters. The third-order valence-electron chi connectivity index (χ3n) is 4.27. The van der Waals surface area contributed by atoms with Gasteiger partial charge in [0.25, 0.3) is 0 Å². The molecule has 0 fully saturated rings. The lowest BCUT2D eigenvalue weighted by molar-refractivity contribution is 0.353. The molecule has 29 heavy (non-hydrogen) atoms. The van der Waals surface area contributed by atoms with Crippen molar-refractivity contribution in [2.24, 2.45) is 0 Å². The van der Waals surface area contributed by atoms with E-state index >= 15 is 0 Å². The molecular formula is C19H17N5O4S. The van der Waals surface area contributed by atoms with Gasteiger partial charge in [-0.2, -0.15) is 10.1 Å².